The van der Waals surface area contributed by atoms with Crippen molar-refractivity contribution in [3.63, 3.8) is 0 Å². The number of hydrogen-bond donors (Lipinski definition) is 0. The minimum absolute atomic E-state index is 0.617. The second-order valence-electron chi connectivity index (χ2n) is 7.80. The largest absolute Gasteiger partial charge is 0.497 e. The highest BCUT2D eigenvalue weighted by atomic mass is 16.5. The molecule has 0 aliphatic carbocycles. The van der Waals surface area contributed by atoms with Crippen LogP contribution in [0.15, 0.2) is 72.8 Å². The Morgan fingerprint density at radius 2 is 1.64 bits per heavy atom. The summed E-state index contributed by atoms with van der Waals surface area (Å²) in [6.07, 6.45) is 2.22. The van der Waals surface area contributed by atoms with Gasteiger partial charge in [-0.2, -0.15) is 5.10 Å². The Bertz CT molecular complexity index is 1190. The summed E-state index contributed by atoms with van der Waals surface area (Å²) in [5, 5.41) is 4.82. The van der Waals surface area contributed by atoms with Crippen molar-refractivity contribution in [1.82, 2.24) is 14.8 Å². The van der Waals surface area contributed by atoms with E-state index in [0.717, 1.165) is 58.6 Å². The first-order valence-electron chi connectivity index (χ1n) is 11.1. The third-order valence-electron chi connectivity index (χ3n) is 5.43. The average Bonchev–Trinajstić information content (AvgIpc) is 3.25. The minimum Gasteiger partial charge on any atom is -0.497 e. The fourth-order valence-electron chi connectivity index (χ4n) is 3.65. The van der Waals surface area contributed by atoms with Gasteiger partial charge in [-0.05, 0) is 66.9 Å². The fraction of sp³-hybridized carbons (Fsp3) is 0.259. The number of benzene rings is 3. The summed E-state index contributed by atoms with van der Waals surface area (Å²) in [6, 6.07) is 23.9. The summed E-state index contributed by atoms with van der Waals surface area (Å²) in [4.78, 5) is 4.87. The highest BCUT2D eigenvalue weighted by Crippen LogP contribution is 2.20. The number of ether oxygens (including phenoxy) is 3. The van der Waals surface area contributed by atoms with Gasteiger partial charge >= 0.3 is 0 Å². The lowest BCUT2D eigenvalue weighted by Crippen LogP contribution is -2.06. The summed E-state index contributed by atoms with van der Waals surface area (Å²) >= 11 is 0. The van der Waals surface area contributed by atoms with Crippen LogP contribution in [0.1, 0.15) is 29.2 Å². The van der Waals surface area contributed by atoms with Crippen LogP contribution in [0.25, 0.3) is 5.69 Å². The van der Waals surface area contributed by atoms with Crippen LogP contribution in [0.3, 0.4) is 0 Å². The Balaban J connectivity index is 1.51. The molecule has 0 atom stereocenters. The van der Waals surface area contributed by atoms with Gasteiger partial charge in [0, 0.05) is 12.8 Å². The number of aromatic nitrogens is 3. The third-order valence-corrected chi connectivity index (χ3v) is 5.43. The first-order chi connectivity index (χ1) is 16.2. The standard InChI is InChI=1S/C27H29N3O3/c1-20-8-4-5-11-25(20)33-17-7-12-27-28-26(19-21-9-6-10-24(18-21)32-3)29-30(27)22-13-15-23(31-2)16-14-22/h4-6,8-11,13-16,18H,7,12,17,19H2,1-3H3. The lowest BCUT2D eigenvalue weighted by Gasteiger charge is -2.09. The second-order valence-corrected chi connectivity index (χ2v) is 7.80. The molecule has 0 N–H and O–H groups in total. The summed E-state index contributed by atoms with van der Waals surface area (Å²) in [5.41, 5.74) is 3.20. The van der Waals surface area contributed by atoms with Crippen molar-refractivity contribution in [3.8, 4) is 22.9 Å². The first-order valence-corrected chi connectivity index (χ1v) is 11.1. The molecule has 0 unspecified atom stereocenters. The smallest absolute Gasteiger partial charge is 0.155 e. The van der Waals surface area contributed by atoms with E-state index in [4.69, 9.17) is 24.3 Å². The van der Waals surface area contributed by atoms with E-state index < -0.39 is 0 Å². The van der Waals surface area contributed by atoms with Crippen LogP contribution in [0.4, 0.5) is 0 Å². The molecule has 33 heavy (non-hydrogen) atoms. The van der Waals surface area contributed by atoms with E-state index in [2.05, 4.69) is 19.1 Å². The Morgan fingerprint density at radius 1 is 0.848 bits per heavy atom. The molecule has 0 radical (unpaired) electrons. The highest BCUT2D eigenvalue weighted by Gasteiger charge is 2.13. The van der Waals surface area contributed by atoms with E-state index >= 15 is 0 Å². The quantitative estimate of drug-likeness (QED) is 0.316. The minimum atomic E-state index is 0.617. The van der Waals surface area contributed by atoms with E-state index in [9.17, 15) is 0 Å². The van der Waals surface area contributed by atoms with Crippen molar-refractivity contribution >= 4 is 0 Å². The molecular weight excluding hydrogens is 414 g/mol. The molecule has 4 aromatic rings. The molecule has 3 aromatic carbocycles. The maximum absolute atomic E-state index is 5.97. The van der Waals surface area contributed by atoms with Gasteiger partial charge in [-0.15, -0.1) is 0 Å². The maximum Gasteiger partial charge on any atom is 0.155 e. The third kappa shape index (κ3) is 5.71. The molecule has 1 aromatic heterocycles. The second kappa shape index (κ2) is 10.7. The number of para-hydroxylation sites is 1. The predicted octanol–water partition coefficient (Wildman–Crippen LogP) is 5.20. The molecule has 0 aliphatic heterocycles. The Kier molecular flexibility index (Phi) is 7.25. The molecular formula is C27H29N3O3. The molecule has 170 valence electrons. The van der Waals surface area contributed by atoms with Crippen molar-refractivity contribution in [1.29, 1.82) is 0 Å². The summed E-state index contributed by atoms with van der Waals surface area (Å²) in [6.45, 7) is 2.67. The van der Waals surface area contributed by atoms with Crippen LogP contribution in [0.2, 0.25) is 0 Å². The van der Waals surface area contributed by atoms with Gasteiger partial charge in [-0.3, -0.25) is 0 Å². The summed E-state index contributed by atoms with van der Waals surface area (Å²) < 4.78 is 18.5. The zero-order valence-electron chi connectivity index (χ0n) is 19.3. The van der Waals surface area contributed by atoms with Crippen LogP contribution < -0.4 is 14.2 Å². The normalized spacial score (nSPS) is 10.8. The molecule has 0 saturated heterocycles. The molecule has 4 rings (SSSR count). The van der Waals surface area contributed by atoms with Crippen LogP contribution >= 0.6 is 0 Å². The topological polar surface area (TPSA) is 58.4 Å². The van der Waals surface area contributed by atoms with Gasteiger partial charge in [0.15, 0.2) is 5.82 Å². The molecule has 0 aliphatic rings. The van der Waals surface area contributed by atoms with Crippen LogP contribution in [-0.4, -0.2) is 35.6 Å². The number of aryl methyl sites for hydroxylation is 2. The molecule has 1 heterocycles. The van der Waals surface area contributed by atoms with Gasteiger partial charge in [0.2, 0.25) is 0 Å². The molecule has 6 heteroatoms. The summed E-state index contributed by atoms with van der Waals surface area (Å²) in [7, 11) is 3.34. The van der Waals surface area contributed by atoms with Crippen molar-refractivity contribution < 1.29 is 14.2 Å². The van der Waals surface area contributed by atoms with Gasteiger partial charge in [0.1, 0.15) is 23.1 Å². The molecule has 0 bridgehead atoms. The Hall–Kier alpha value is -3.80. The van der Waals surface area contributed by atoms with Crippen LogP contribution in [0.5, 0.6) is 17.2 Å². The van der Waals surface area contributed by atoms with Crippen molar-refractivity contribution in [3.05, 3.63) is 95.6 Å². The summed E-state index contributed by atoms with van der Waals surface area (Å²) in [5.74, 6) is 4.24. The molecule has 0 amide bonds. The molecule has 0 spiro atoms. The number of rotatable bonds is 10. The highest BCUT2D eigenvalue weighted by molar-refractivity contribution is 5.38. The van der Waals surface area contributed by atoms with E-state index in [1.54, 1.807) is 14.2 Å². The maximum atomic E-state index is 5.97. The zero-order chi connectivity index (χ0) is 23.0. The van der Waals surface area contributed by atoms with Gasteiger partial charge in [-0.25, -0.2) is 9.67 Å². The van der Waals surface area contributed by atoms with Crippen molar-refractivity contribution in [2.24, 2.45) is 0 Å². The van der Waals surface area contributed by atoms with Crippen LogP contribution in [-0.2, 0) is 12.8 Å². The molecule has 6 nitrogen and oxygen atoms in total. The van der Waals surface area contributed by atoms with Gasteiger partial charge in [0.05, 0.1) is 26.5 Å². The van der Waals surface area contributed by atoms with Gasteiger partial charge in [-0.1, -0.05) is 30.3 Å². The van der Waals surface area contributed by atoms with E-state index in [1.807, 2.05) is 65.3 Å². The monoisotopic (exact) mass is 443 g/mol. The number of methoxy groups -OCH3 is 2. The van der Waals surface area contributed by atoms with Crippen LogP contribution in [0, 0.1) is 6.92 Å². The first kappa shape index (κ1) is 22.4. The lowest BCUT2D eigenvalue weighted by molar-refractivity contribution is 0.307. The van der Waals surface area contributed by atoms with Gasteiger partial charge in [0.25, 0.3) is 0 Å². The molecule has 0 saturated carbocycles. The average molecular weight is 444 g/mol. The predicted molar refractivity (Wildman–Crippen MR) is 129 cm³/mol. The van der Waals surface area contributed by atoms with E-state index in [-0.39, 0.29) is 0 Å². The van der Waals surface area contributed by atoms with Gasteiger partial charge < -0.3 is 14.2 Å². The van der Waals surface area contributed by atoms with E-state index in [0.29, 0.717) is 13.0 Å². The fourth-order valence-corrected chi connectivity index (χ4v) is 3.65. The van der Waals surface area contributed by atoms with E-state index in [1.165, 1.54) is 0 Å². The number of hydrogen-bond acceptors (Lipinski definition) is 5. The van der Waals surface area contributed by atoms with Crippen molar-refractivity contribution in [2.45, 2.75) is 26.2 Å². The molecule has 0 fully saturated rings. The Labute approximate surface area is 194 Å². The SMILES string of the molecule is COc1ccc(-n2nc(Cc3cccc(OC)c3)nc2CCCOc2ccccc2C)cc1. The zero-order valence-corrected chi connectivity index (χ0v) is 19.3. The number of nitrogens with zero attached hydrogens (tertiary/aromatic N) is 3. The lowest BCUT2D eigenvalue weighted by atomic mass is 10.1. The van der Waals surface area contributed by atoms with Crippen molar-refractivity contribution in [2.75, 3.05) is 20.8 Å². The Morgan fingerprint density at radius 3 is 2.39 bits per heavy atom.